The van der Waals surface area contributed by atoms with Gasteiger partial charge < -0.3 is 9.30 Å². The Morgan fingerprint density at radius 2 is 0.902 bits per heavy atom. The third-order valence-corrected chi connectivity index (χ3v) is 12.2. The zero-order valence-electron chi connectivity index (χ0n) is 32.7. The second-order valence-corrected chi connectivity index (χ2v) is 15.6. The molecule has 0 aliphatic carbocycles. The summed E-state index contributed by atoms with van der Waals surface area (Å²) in [4.78, 5) is 15.3. The van der Waals surface area contributed by atoms with Gasteiger partial charge in [-0.05, 0) is 70.6 Å². The summed E-state index contributed by atoms with van der Waals surface area (Å²) in [6.07, 6.45) is 0. The minimum absolute atomic E-state index is 0.570. The molecule has 1 aliphatic rings. The molecule has 0 fully saturated rings. The van der Waals surface area contributed by atoms with E-state index in [0.717, 1.165) is 83.2 Å². The van der Waals surface area contributed by atoms with Crippen LogP contribution in [0.25, 0.3) is 111 Å². The summed E-state index contributed by atoms with van der Waals surface area (Å²) in [6, 6.07) is 70.3. The second-order valence-electron chi connectivity index (χ2n) is 15.6. The van der Waals surface area contributed by atoms with E-state index >= 15 is 0 Å². The van der Waals surface area contributed by atoms with Crippen LogP contribution in [-0.4, -0.2) is 24.1 Å². The molecule has 0 atom stereocenters. The van der Waals surface area contributed by atoms with E-state index in [0.29, 0.717) is 17.6 Å². The molecule has 0 bridgehead atoms. The summed E-state index contributed by atoms with van der Waals surface area (Å²) < 4.78 is 11.1. The summed E-state index contributed by atoms with van der Waals surface area (Å²) in [5.74, 6) is 3.58. The van der Waals surface area contributed by atoms with Crippen molar-refractivity contribution < 1.29 is 4.74 Å². The van der Waals surface area contributed by atoms with Crippen molar-refractivity contribution >= 4 is 54.4 Å². The van der Waals surface area contributed by atoms with Gasteiger partial charge in [0.25, 0.3) is 0 Å². The molecule has 0 N–H and O–H groups in total. The molecule has 3 aromatic heterocycles. The fraction of sp³-hybridized carbons (Fsp3) is 0. The van der Waals surface area contributed by atoms with Crippen LogP contribution in [0.3, 0.4) is 0 Å². The number of hydrogen-bond acceptors (Lipinski definition) is 4. The minimum Gasteiger partial charge on any atom is -0.456 e. The van der Waals surface area contributed by atoms with Crippen LogP contribution in [0, 0.1) is 0 Å². The van der Waals surface area contributed by atoms with Gasteiger partial charge in [-0.25, -0.2) is 4.98 Å². The Labute approximate surface area is 350 Å². The van der Waals surface area contributed by atoms with Crippen molar-refractivity contribution in [2.75, 3.05) is 0 Å². The first kappa shape index (κ1) is 33.6. The number of hydrogen-bond donors (Lipinski definition) is 0. The lowest BCUT2D eigenvalue weighted by molar-refractivity contribution is 0.487. The number of aromatic nitrogens is 5. The lowest BCUT2D eigenvalue weighted by Crippen LogP contribution is -2.06. The smallest absolute Gasteiger partial charge is 0.238 e. The highest BCUT2D eigenvalue weighted by molar-refractivity contribution is 6.26. The second kappa shape index (κ2) is 13.1. The Morgan fingerprint density at radius 3 is 1.64 bits per heavy atom. The zero-order chi connectivity index (χ0) is 40.0. The van der Waals surface area contributed by atoms with Crippen LogP contribution in [0.1, 0.15) is 0 Å². The fourth-order valence-corrected chi connectivity index (χ4v) is 9.45. The normalized spacial score (nSPS) is 12.1. The van der Waals surface area contributed by atoms with Crippen molar-refractivity contribution in [2.45, 2.75) is 0 Å². The van der Waals surface area contributed by atoms with Gasteiger partial charge in [0.05, 0.1) is 22.1 Å². The first-order chi connectivity index (χ1) is 30.2. The Balaban J connectivity index is 1.06. The Kier molecular flexibility index (Phi) is 7.21. The minimum atomic E-state index is 0.570. The lowest BCUT2D eigenvalue weighted by atomic mass is 9.92. The highest BCUT2D eigenvalue weighted by Gasteiger charge is 2.25. The van der Waals surface area contributed by atoms with Gasteiger partial charge in [-0.2, -0.15) is 9.97 Å². The van der Waals surface area contributed by atoms with Crippen molar-refractivity contribution in [3.05, 3.63) is 200 Å². The molecule has 9 aromatic carbocycles. The first-order valence-corrected chi connectivity index (χ1v) is 20.5. The van der Waals surface area contributed by atoms with Gasteiger partial charge in [0.2, 0.25) is 5.95 Å². The predicted octanol–water partition coefficient (Wildman–Crippen LogP) is 14.0. The largest absolute Gasteiger partial charge is 0.456 e. The molecule has 0 amide bonds. The molecule has 4 heterocycles. The van der Waals surface area contributed by atoms with Crippen molar-refractivity contribution in [2.24, 2.45) is 0 Å². The van der Waals surface area contributed by atoms with Gasteiger partial charge in [-0.3, -0.25) is 4.57 Å². The van der Waals surface area contributed by atoms with Gasteiger partial charge in [0.15, 0.2) is 11.6 Å². The maximum absolute atomic E-state index is 6.51. The van der Waals surface area contributed by atoms with Gasteiger partial charge >= 0.3 is 0 Å². The van der Waals surface area contributed by atoms with Crippen LogP contribution in [0.5, 0.6) is 11.5 Å². The number of benzene rings is 9. The van der Waals surface area contributed by atoms with Crippen molar-refractivity contribution in [1.82, 2.24) is 24.1 Å². The topological polar surface area (TPSA) is 57.8 Å². The summed E-state index contributed by atoms with van der Waals surface area (Å²) in [5.41, 5.74) is 11.8. The number of nitrogens with zero attached hydrogens (tertiary/aromatic N) is 5. The van der Waals surface area contributed by atoms with E-state index in [1.807, 2.05) is 66.7 Å². The van der Waals surface area contributed by atoms with E-state index in [2.05, 4.69) is 143 Å². The van der Waals surface area contributed by atoms with Crippen molar-refractivity contribution in [3.8, 4) is 68.2 Å². The highest BCUT2D eigenvalue weighted by atomic mass is 16.5. The third kappa shape index (κ3) is 5.12. The molecule has 0 unspecified atom stereocenters. The summed E-state index contributed by atoms with van der Waals surface area (Å²) in [5, 5.41) is 6.99. The molecule has 0 spiro atoms. The molecule has 0 saturated carbocycles. The maximum Gasteiger partial charge on any atom is 0.238 e. The third-order valence-electron chi connectivity index (χ3n) is 12.2. The monoisotopic (exact) mass is 779 g/mol. The molecule has 0 saturated heterocycles. The number of ether oxygens (including phenoxy) is 1. The van der Waals surface area contributed by atoms with Crippen LogP contribution >= 0.6 is 0 Å². The van der Waals surface area contributed by atoms with E-state index < -0.39 is 0 Å². The van der Waals surface area contributed by atoms with E-state index in [9.17, 15) is 0 Å². The average Bonchev–Trinajstić information content (AvgIpc) is 3.84. The van der Waals surface area contributed by atoms with Crippen LogP contribution in [-0.2, 0) is 0 Å². The van der Waals surface area contributed by atoms with E-state index in [1.54, 1.807) is 0 Å². The van der Waals surface area contributed by atoms with E-state index in [-0.39, 0.29) is 0 Å². The molecule has 61 heavy (non-hydrogen) atoms. The lowest BCUT2D eigenvalue weighted by Gasteiger charge is -2.22. The first-order valence-electron chi connectivity index (χ1n) is 20.5. The van der Waals surface area contributed by atoms with Gasteiger partial charge in [-0.15, -0.1) is 0 Å². The van der Waals surface area contributed by atoms with Gasteiger partial charge in [0, 0.05) is 49.3 Å². The standard InChI is InChI=1S/C55H33N5O/c1-4-15-34(16-5-1)53-56-54(35-17-6-2-7-18-35)58-55(57-53)60-45-24-12-10-21-39(45)40-29-27-36(31-46(40)60)37-28-30-42-47(32-37)59(38-19-8-3-9-20-38)48-33-44-41-22-11-13-25-49(41)61-50-26-14-23-43(51(42)48)52(44)50/h1-33H. The Hall–Kier alpha value is -8.35. The summed E-state index contributed by atoms with van der Waals surface area (Å²) in [6.45, 7) is 0. The number of para-hydroxylation sites is 3. The molecule has 6 nitrogen and oxygen atoms in total. The van der Waals surface area contributed by atoms with Crippen LogP contribution in [0.4, 0.5) is 0 Å². The van der Waals surface area contributed by atoms with Crippen LogP contribution in [0.15, 0.2) is 200 Å². The van der Waals surface area contributed by atoms with Crippen molar-refractivity contribution in [3.63, 3.8) is 0 Å². The van der Waals surface area contributed by atoms with Crippen LogP contribution in [0.2, 0.25) is 0 Å². The SMILES string of the molecule is c1ccc(-c2nc(-c3ccccc3)nc(-n3c4ccccc4c4ccc(-c5ccc6c7c8cccc9c8c(cc7n(-c7ccccc7)c6c5)-c5ccccc5O9)cc43)n2)cc1. The molecule has 0 radical (unpaired) electrons. The number of fused-ring (bicyclic) bond motifs is 9. The number of rotatable bonds is 5. The van der Waals surface area contributed by atoms with E-state index in [1.165, 1.54) is 21.7 Å². The highest BCUT2D eigenvalue weighted by Crippen LogP contribution is 2.50. The van der Waals surface area contributed by atoms with Crippen molar-refractivity contribution in [1.29, 1.82) is 0 Å². The predicted molar refractivity (Wildman–Crippen MR) is 248 cm³/mol. The van der Waals surface area contributed by atoms with E-state index in [4.69, 9.17) is 19.7 Å². The molecule has 6 heteroatoms. The maximum atomic E-state index is 6.51. The average molecular weight is 780 g/mol. The van der Waals surface area contributed by atoms with Gasteiger partial charge in [0.1, 0.15) is 11.5 Å². The molecular formula is C55H33N5O. The fourth-order valence-electron chi connectivity index (χ4n) is 9.45. The molecule has 12 aromatic rings. The van der Waals surface area contributed by atoms with Gasteiger partial charge in [-0.1, -0.05) is 152 Å². The quantitative estimate of drug-likeness (QED) is 0.175. The Morgan fingerprint density at radius 1 is 0.328 bits per heavy atom. The molecule has 13 rings (SSSR count). The summed E-state index contributed by atoms with van der Waals surface area (Å²) in [7, 11) is 0. The zero-order valence-corrected chi connectivity index (χ0v) is 32.7. The Bertz CT molecular complexity index is 3660. The molecule has 284 valence electrons. The molecular weight excluding hydrogens is 747 g/mol. The van der Waals surface area contributed by atoms with Crippen LogP contribution < -0.4 is 4.74 Å². The summed E-state index contributed by atoms with van der Waals surface area (Å²) >= 11 is 0. The molecule has 1 aliphatic heterocycles.